The highest BCUT2D eigenvalue weighted by Crippen LogP contribution is 2.32. The second kappa shape index (κ2) is 9.34. The van der Waals surface area contributed by atoms with Crippen LogP contribution in [0.1, 0.15) is 49.4 Å². The number of carbonyl (C=O) groups is 2. The summed E-state index contributed by atoms with van der Waals surface area (Å²) in [7, 11) is 2.65. The van der Waals surface area contributed by atoms with Crippen molar-refractivity contribution in [1.82, 2.24) is 4.90 Å². The molecule has 1 aromatic carbocycles. The predicted molar refractivity (Wildman–Crippen MR) is 98.7 cm³/mol. The van der Waals surface area contributed by atoms with E-state index in [1.165, 1.54) is 32.4 Å². The summed E-state index contributed by atoms with van der Waals surface area (Å²) >= 11 is 0. The van der Waals surface area contributed by atoms with Gasteiger partial charge in [-0.3, -0.25) is 19.7 Å². The van der Waals surface area contributed by atoms with Crippen LogP contribution in [0, 0.1) is 16.0 Å². The third-order valence-electron chi connectivity index (χ3n) is 5.13. The molecule has 0 radical (unpaired) electrons. The lowest BCUT2D eigenvalue weighted by atomic mass is 9.84. The van der Waals surface area contributed by atoms with Crippen LogP contribution in [0.5, 0.6) is 5.75 Å². The summed E-state index contributed by atoms with van der Waals surface area (Å²) in [5.41, 5.74) is -0.0434. The number of nitro groups is 1. The first-order valence-corrected chi connectivity index (χ1v) is 9.09. The number of esters is 1. The Hall–Kier alpha value is -2.64. The molecule has 2 rings (SSSR count). The number of hydrogen-bond donors (Lipinski definition) is 0. The van der Waals surface area contributed by atoms with Crippen LogP contribution in [0.25, 0.3) is 0 Å². The van der Waals surface area contributed by atoms with Crippen molar-refractivity contribution in [2.24, 2.45) is 5.92 Å². The third kappa shape index (κ3) is 4.96. The molecule has 0 spiro atoms. The molecule has 2 unspecified atom stereocenters. The molecule has 148 valence electrons. The van der Waals surface area contributed by atoms with Gasteiger partial charge in [0.15, 0.2) is 5.75 Å². The zero-order valence-corrected chi connectivity index (χ0v) is 16.0. The van der Waals surface area contributed by atoms with Gasteiger partial charge in [0.25, 0.3) is 5.91 Å². The van der Waals surface area contributed by atoms with Crippen LogP contribution in [0.15, 0.2) is 18.2 Å². The minimum absolute atomic E-state index is 0.00272. The van der Waals surface area contributed by atoms with Gasteiger partial charge in [-0.05, 0) is 30.9 Å². The Morgan fingerprint density at radius 1 is 1.26 bits per heavy atom. The Morgan fingerprint density at radius 2 is 1.96 bits per heavy atom. The van der Waals surface area contributed by atoms with Crippen molar-refractivity contribution in [2.75, 3.05) is 20.8 Å². The second-order valence-corrected chi connectivity index (χ2v) is 6.80. The van der Waals surface area contributed by atoms with Crippen LogP contribution in [0.4, 0.5) is 5.69 Å². The molecule has 1 amide bonds. The van der Waals surface area contributed by atoms with E-state index in [2.05, 4.69) is 6.92 Å². The van der Waals surface area contributed by atoms with Gasteiger partial charge in [-0.25, -0.2) is 0 Å². The number of benzene rings is 1. The molecule has 2 atom stereocenters. The van der Waals surface area contributed by atoms with Gasteiger partial charge in [0.1, 0.15) is 0 Å². The molecule has 1 aromatic rings. The number of methoxy groups -OCH3 is 2. The molecular formula is C19H26N2O6. The fourth-order valence-electron chi connectivity index (χ4n) is 3.62. The molecule has 8 heteroatoms. The Kier molecular flexibility index (Phi) is 7.15. The summed E-state index contributed by atoms with van der Waals surface area (Å²) in [5, 5.41) is 11.3. The van der Waals surface area contributed by atoms with Crippen molar-refractivity contribution >= 4 is 17.6 Å². The van der Waals surface area contributed by atoms with Crippen LogP contribution < -0.4 is 4.74 Å². The van der Waals surface area contributed by atoms with Crippen molar-refractivity contribution in [2.45, 2.75) is 45.1 Å². The number of hydrogen-bond acceptors (Lipinski definition) is 6. The first kappa shape index (κ1) is 20.7. The molecule has 0 aromatic heterocycles. The molecule has 8 nitrogen and oxygen atoms in total. The maximum Gasteiger partial charge on any atom is 0.311 e. The monoisotopic (exact) mass is 378 g/mol. The van der Waals surface area contributed by atoms with Crippen LogP contribution >= 0.6 is 0 Å². The fraction of sp³-hybridized carbons (Fsp3) is 0.579. The van der Waals surface area contributed by atoms with Gasteiger partial charge < -0.3 is 14.4 Å². The topological polar surface area (TPSA) is 99.0 Å². The minimum atomic E-state index is -0.572. The van der Waals surface area contributed by atoms with E-state index in [1.807, 2.05) is 0 Å². The van der Waals surface area contributed by atoms with E-state index in [9.17, 15) is 19.7 Å². The summed E-state index contributed by atoms with van der Waals surface area (Å²) in [6, 6.07) is 4.18. The summed E-state index contributed by atoms with van der Waals surface area (Å²) in [5.74, 6) is -0.308. The van der Waals surface area contributed by atoms with Gasteiger partial charge in [-0.1, -0.05) is 19.8 Å². The Morgan fingerprint density at radius 3 is 2.56 bits per heavy atom. The SMILES string of the molecule is COC(=O)CCN(C(=O)c1ccc(OC)c([N+](=O)[O-])c1)C1CCCCC1C. The second-order valence-electron chi connectivity index (χ2n) is 6.80. The highest BCUT2D eigenvalue weighted by atomic mass is 16.6. The lowest BCUT2D eigenvalue weighted by molar-refractivity contribution is -0.385. The maximum absolute atomic E-state index is 13.2. The van der Waals surface area contributed by atoms with Crippen LogP contribution in [0.2, 0.25) is 0 Å². The number of nitrogens with zero attached hydrogens (tertiary/aromatic N) is 2. The van der Waals surface area contributed by atoms with E-state index in [0.717, 1.165) is 25.7 Å². The summed E-state index contributed by atoms with van der Waals surface area (Å²) in [6.45, 7) is 2.32. The van der Waals surface area contributed by atoms with E-state index >= 15 is 0 Å². The molecule has 0 bridgehead atoms. The first-order chi connectivity index (χ1) is 12.9. The molecule has 27 heavy (non-hydrogen) atoms. The summed E-state index contributed by atoms with van der Waals surface area (Å²) in [6.07, 6.45) is 4.08. The molecule has 1 fully saturated rings. The van der Waals surface area contributed by atoms with Crippen LogP contribution in [-0.4, -0.2) is 48.5 Å². The largest absolute Gasteiger partial charge is 0.490 e. The molecular weight excluding hydrogens is 352 g/mol. The zero-order chi connectivity index (χ0) is 20.0. The first-order valence-electron chi connectivity index (χ1n) is 9.09. The minimum Gasteiger partial charge on any atom is -0.490 e. The average molecular weight is 378 g/mol. The van der Waals surface area contributed by atoms with Gasteiger partial charge in [0, 0.05) is 24.2 Å². The van der Waals surface area contributed by atoms with Crippen LogP contribution in [-0.2, 0) is 9.53 Å². The van der Waals surface area contributed by atoms with Crippen LogP contribution in [0.3, 0.4) is 0 Å². The molecule has 0 N–H and O–H groups in total. The third-order valence-corrected chi connectivity index (χ3v) is 5.13. The Balaban J connectivity index is 2.33. The Labute approximate surface area is 158 Å². The van der Waals surface area contributed by atoms with Gasteiger partial charge >= 0.3 is 11.7 Å². The van der Waals surface area contributed by atoms with Gasteiger partial charge in [0.2, 0.25) is 0 Å². The van der Waals surface area contributed by atoms with E-state index < -0.39 is 10.9 Å². The maximum atomic E-state index is 13.2. The zero-order valence-electron chi connectivity index (χ0n) is 16.0. The van der Waals surface area contributed by atoms with Gasteiger partial charge in [-0.15, -0.1) is 0 Å². The quantitative estimate of drug-likeness (QED) is 0.410. The Bertz CT molecular complexity index is 705. The number of rotatable bonds is 7. The normalized spacial score (nSPS) is 19.2. The fourth-order valence-corrected chi connectivity index (χ4v) is 3.62. The number of amides is 1. The highest BCUT2D eigenvalue weighted by molar-refractivity contribution is 5.95. The van der Waals surface area contributed by atoms with E-state index in [0.29, 0.717) is 5.92 Å². The van der Waals surface area contributed by atoms with Crippen molar-refractivity contribution in [1.29, 1.82) is 0 Å². The smallest absolute Gasteiger partial charge is 0.311 e. The summed E-state index contributed by atoms with van der Waals surface area (Å²) in [4.78, 5) is 37.1. The highest BCUT2D eigenvalue weighted by Gasteiger charge is 2.32. The van der Waals surface area contributed by atoms with E-state index in [4.69, 9.17) is 9.47 Å². The number of carbonyl (C=O) groups excluding carboxylic acids is 2. The molecule has 0 aliphatic heterocycles. The lowest BCUT2D eigenvalue weighted by Crippen LogP contribution is -2.46. The average Bonchev–Trinajstić information content (AvgIpc) is 2.68. The lowest BCUT2D eigenvalue weighted by Gasteiger charge is -2.38. The molecule has 1 saturated carbocycles. The van der Waals surface area contributed by atoms with Crippen molar-refractivity contribution in [3.05, 3.63) is 33.9 Å². The van der Waals surface area contributed by atoms with Gasteiger partial charge in [0.05, 0.1) is 25.6 Å². The molecule has 1 aliphatic carbocycles. The molecule has 0 saturated heterocycles. The number of ether oxygens (including phenoxy) is 2. The van der Waals surface area contributed by atoms with Crippen molar-refractivity contribution in [3.8, 4) is 5.75 Å². The van der Waals surface area contributed by atoms with Crippen molar-refractivity contribution in [3.63, 3.8) is 0 Å². The standard InChI is InChI=1S/C19H26N2O6/c1-13-6-4-5-7-15(13)20(11-10-18(22)27-3)19(23)14-8-9-17(26-2)16(12-14)21(24)25/h8-9,12-13,15H,4-7,10-11H2,1-3H3. The van der Waals surface area contributed by atoms with Gasteiger partial charge in [-0.2, -0.15) is 0 Å². The predicted octanol–water partition coefficient (Wildman–Crippen LogP) is 3.19. The van der Waals surface area contributed by atoms with E-state index in [-0.39, 0.29) is 41.9 Å². The summed E-state index contributed by atoms with van der Waals surface area (Å²) < 4.78 is 9.70. The molecule has 1 aliphatic rings. The van der Waals surface area contributed by atoms with Crippen molar-refractivity contribution < 1.29 is 24.0 Å². The molecule has 0 heterocycles. The van der Waals surface area contributed by atoms with E-state index in [1.54, 1.807) is 4.90 Å². The number of nitro benzene ring substituents is 1.